The molecule has 1 aromatic rings. The second kappa shape index (κ2) is 9.22. The summed E-state index contributed by atoms with van der Waals surface area (Å²) in [5.41, 5.74) is 4.89. The Kier molecular flexibility index (Phi) is 7.33. The lowest BCUT2D eigenvalue weighted by Crippen LogP contribution is -2.48. The van der Waals surface area contributed by atoms with E-state index in [1.54, 1.807) is 11.1 Å². The summed E-state index contributed by atoms with van der Waals surface area (Å²) >= 11 is 2.53. The van der Waals surface area contributed by atoms with E-state index in [4.69, 9.17) is 8.85 Å². The van der Waals surface area contributed by atoms with Crippen molar-refractivity contribution in [3.05, 3.63) is 26.8 Å². The average molecular weight is 599 g/mol. The highest BCUT2D eigenvalue weighted by Crippen LogP contribution is 2.62. The van der Waals surface area contributed by atoms with Gasteiger partial charge < -0.3 is 8.85 Å². The fourth-order valence-electron chi connectivity index (χ4n) is 6.70. The quantitative estimate of drug-likeness (QED) is 0.240. The Morgan fingerprint density at radius 2 is 1.61 bits per heavy atom. The van der Waals surface area contributed by atoms with E-state index in [-0.39, 0.29) is 0 Å². The highest BCUT2D eigenvalue weighted by Gasteiger charge is 2.56. The lowest BCUT2D eigenvalue weighted by atomic mass is 9.55. The third kappa shape index (κ3) is 4.78. The van der Waals surface area contributed by atoms with Gasteiger partial charge in [-0.1, -0.05) is 34.6 Å². The van der Waals surface area contributed by atoms with Gasteiger partial charge in [-0.25, -0.2) is 0 Å². The summed E-state index contributed by atoms with van der Waals surface area (Å²) in [5.74, 6) is 3.54. The molecule has 1 aromatic carbocycles. The number of benzene rings is 1. The van der Waals surface area contributed by atoms with Crippen molar-refractivity contribution in [2.75, 3.05) is 0 Å². The normalized spacial score (nSPS) is 32.0. The summed E-state index contributed by atoms with van der Waals surface area (Å²) in [7, 11) is -3.33. The minimum absolute atomic E-state index is 0.376. The van der Waals surface area contributed by atoms with E-state index in [1.807, 2.05) is 0 Å². The molecule has 4 rings (SSSR count). The fourth-order valence-corrected chi connectivity index (χ4v) is 9.87. The maximum Gasteiger partial charge on any atom is 0.247 e. The zero-order valence-corrected chi connectivity index (χ0v) is 26.7. The first-order chi connectivity index (χ1) is 15.3. The minimum atomic E-state index is -1.71. The number of hydrogen-bond acceptors (Lipinski definition) is 2. The van der Waals surface area contributed by atoms with Crippen molar-refractivity contribution in [2.45, 2.75) is 122 Å². The van der Waals surface area contributed by atoms with Crippen molar-refractivity contribution in [1.82, 2.24) is 0 Å². The molecule has 2 fully saturated rings. The van der Waals surface area contributed by atoms with Gasteiger partial charge in [-0.3, -0.25) is 0 Å². The van der Waals surface area contributed by atoms with E-state index in [9.17, 15) is 0 Å². The lowest BCUT2D eigenvalue weighted by Gasteiger charge is -2.52. The molecule has 3 aliphatic rings. The molecule has 0 amide bonds. The first kappa shape index (κ1) is 26.2. The SMILES string of the molecule is CC(C)[Si](C)(C)Oc1cc2c(cc1I)C1CC[C@@]3(C)C(CC[C@@H]3O[Si](C)(C)C(C)C)C1CC2. The monoisotopic (exact) mass is 598 g/mol. The molecule has 3 aliphatic carbocycles. The third-order valence-corrected chi connectivity index (χ3v) is 18.3. The van der Waals surface area contributed by atoms with Crippen LogP contribution < -0.4 is 4.43 Å². The maximum absolute atomic E-state index is 7.01. The minimum Gasteiger partial charge on any atom is -0.543 e. The van der Waals surface area contributed by atoms with Crippen LogP contribution in [0.1, 0.15) is 83.8 Å². The van der Waals surface area contributed by atoms with Gasteiger partial charge in [0.05, 0.1) is 9.67 Å². The van der Waals surface area contributed by atoms with Crippen LogP contribution in [0.5, 0.6) is 5.75 Å². The van der Waals surface area contributed by atoms with Crippen LogP contribution in [0.15, 0.2) is 12.1 Å². The molecule has 0 heterocycles. The van der Waals surface area contributed by atoms with Gasteiger partial charge >= 0.3 is 0 Å². The van der Waals surface area contributed by atoms with Crippen LogP contribution in [-0.4, -0.2) is 22.7 Å². The zero-order chi connectivity index (χ0) is 24.3. The van der Waals surface area contributed by atoms with Crippen molar-refractivity contribution < 1.29 is 8.85 Å². The van der Waals surface area contributed by atoms with Gasteiger partial charge in [0.1, 0.15) is 5.75 Å². The number of fused-ring (bicyclic) bond motifs is 5. The highest BCUT2D eigenvalue weighted by molar-refractivity contribution is 14.1. The molecule has 186 valence electrons. The van der Waals surface area contributed by atoms with Crippen molar-refractivity contribution in [1.29, 1.82) is 0 Å². The third-order valence-electron chi connectivity index (χ3n) is 10.3. The van der Waals surface area contributed by atoms with Crippen LogP contribution in [0.25, 0.3) is 0 Å². The molecule has 33 heavy (non-hydrogen) atoms. The summed E-state index contributed by atoms with van der Waals surface area (Å²) in [4.78, 5) is 0. The van der Waals surface area contributed by atoms with E-state index in [0.717, 1.165) is 23.5 Å². The number of halogens is 1. The van der Waals surface area contributed by atoms with E-state index in [2.05, 4.69) is 95.5 Å². The first-order valence-corrected chi connectivity index (χ1v) is 20.5. The molecule has 0 aromatic heterocycles. The number of rotatable bonds is 6. The van der Waals surface area contributed by atoms with Crippen LogP contribution in [-0.2, 0) is 10.8 Å². The smallest absolute Gasteiger partial charge is 0.247 e. The standard InChI is InChI=1S/C28H47IO2Si2/c1-18(2)32(6,7)30-26-16-20-10-11-22-21(23(20)17-25(26)29)14-15-28(5)24(22)12-13-27(28)31-33(8,9)19(3)4/h16-19,21-22,24,27H,10-15H2,1-9H3/t21?,22?,24?,27-,28-/m0/s1. The Labute approximate surface area is 219 Å². The molecular weight excluding hydrogens is 551 g/mol. The molecule has 3 unspecified atom stereocenters. The fraction of sp³-hybridized carbons (Fsp3) is 0.786. The molecule has 2 nitrogen and oxygen atoms in total. The van der Waals surface area contributed by atoms with Crippen molar-refractivity contribution >= 4 is 39.2 Å². The molecule has 5 heteroatoms. The molecule has 0 radical (unpaired) electrons. The summed E-state index contributed by atoms with van der Waals surface area (Å²) < 4.78 is 15.0. The van der Waals surface area contributed by atoms with Crippen molar-refractivity contribution in [3.8, 4) is 5.75 Å². The van der Waals surface area contributed by atoms with Crippen molar-refractivity contribution in [2.24, 2.45) is 17.3 Å². The van der Waals surface area contributed by atoms with Crippen LogP contribution >= 0.6 is 22.6 Å². The Bertz CT molecular complexity index is 881. The molecule has 0 saturated heterocycles. The first-order valence-electron chi connectivity index (χ1n) is 13.5. The second-order valence-corrected chi connectivity index (χ2v) is 23.6. The van der Waals surface area contributed by atoms with Gasteiger partial charge in [-0.05, 0) is 145 Å². The molecular formula is C28H47IO2Si2. The van der Waals surface area contributed by atoms with E-state index >= 15 is 0 Å². The van der Waals surface area contributed by atoms with Gasteiger partial charge in [0.2, 0.25) is 8.32 Å². The van der Waals surface area contributed by atoms with Gasteiger partial charge in [-0.2, -0.15) is 0 Å². The van der Waals surface area contributed by atoms with Crippen LogP contribution in [0.4, 0.5) is 0 Å². The van der Waals surface area contributed by atoms with E-state index < -0.39 is 16.6 Å². The molecule has 0 spiro atoms. The highest BCUT2D eigenvalue weighted by atomic mass is 127. The number of aryl methyl sites for hydroxylation is 1. The summed E-state index contributed by atoms with van der Waals surface area (Å²) in [6.07, 6.45) is 8.35. The second-order valence-electron chi connectivity index (χ2n) is 13.2. The summed E-state index contributed by atoms with van der Waals surface area (Å²) in [6, 6.07) is 4.93. The largest absolute Gasteiger partial charge is 0.543 e. The molecule has 2 saturated carbocycles. The molecule has 0 bridgehead atoms. The number of hydrogen-bond donors (Lipinski definition) is 0. The van der Waals surface area contributed by atoms with Crippen LogP contribution in [0.2, 0.25) is 37.3 Å². The molecule has 0 aliphatic heterocycles. The molecule has 0 N–H and O–H groups in total. The summed E-state index contributed by atoms with van der Waals surface area (Å²) in [6.45, 7) is 21.5. The Hall–Kier alpha value is 0.144. The molecule has 5 atom stereocenters. The predicted molar refractivity (Wildman–Crippen MR) is 154 cm³/mol. The van der Waals surface area contributed by atoms with Crippen molar-refractivity contribution in [3.63, 3.8) is 0 Å². The topological polar surface area (TPSA) is 18.5 Å². The summed E-state index contributed by atoms with van der Waals surface area (Å²) in [5, 5.41) is 0. The maximum atomic E-state index is 7.01. The Morgan fingerprint density at radius 3 is 2.24 bits per heavy atom. The van der Waals surface area contributed by atoms with Gasteiger partial charge in [0.15, 0.2) is 8.32 Å². The van der Waals surface area contributed by atoms with Crippen LogP contribution in [0, 0.1) is 20.8 Å². The lowest BCUT2D eigenvalue weighted by molar-refractivity contribution is -0.0153. The van der Waals surface area contributed by atoms with Gasteiger partial charge in [0, 0.05) is 0 Å². The zero-order valence-electron chi connectivity index (χ0n) is 22.6. The Morgan fingerprint density at radius 1 is 0.939 bits per heavy atom. The van der Waals surface area contributed by atoms with Gasteiger partial charge in [0.25, 0.3) is 0 Å². The van der Waals surface area contributed by atoms with E-state index in [1.165, 1.54) is 42.1 Å². The Balaban J connectivity index is 1.56. The van der Waals surface area contributed by atoms with Gasteiger partial charge in [-0.15, -0.1) is 0 Å². The predicted octanol–water partition coefficient (Wildman–Crippen LogP) is 9.14. The van der Waals surface area contributed by atoms with E-state index in [0.29, 0.717) is 22.6 Å². The average Bonchev–Trinajstić information content (AvgIpc) is 3.04. The van der Waals surface area contributed by atoms with Crippen LogP contribution in [0.3, 0.4) is 0 Å².